The van der Waals surface area contributed by atoms with Gasteiger partial charge in [-0.1, -0.05) is 54.8 Å². The molecule has 8 nitrogen and oxygen atoms in total. The number of nitrogens with one attached hydrogen (secondary N) is 3. The molecule has 2 atom stereocenters. The van der Waals surface area contributed by atoms with E-state index in [1.54, 1.807) is 19.2 Å². The van der Waals surface area contributed by atoms with E-state index in [-0.39, 0.29) is 11.8 Å². The van der Waals surface area contributed by atoms with E-state index < -0.39 is 12.1 Å². The summed E-state index contributed by atoms with van der Waals surface area (Å²) in [5, 5.41) is 18.0. The van der Waals surface area contributed by atoms with Crippen LogP contribution in [-0.4, -0.2) is 35.3 Å². The lowest BCUT2D eigenvalue weighted by Crippen LogP contribution is -2.49. The highest BCUT2D eigenvalue weighted by atomic mass is 35.5. The number of rotatable bonds is 8. The lowest BCUT2D eigenvalue weighted by atomic mass is 9.98. The van der Waals surface area contributed by atoms with E-state index >= 15 is 0 Å². The number of benzene rings is 2. The zero-order valence-electron chi connectivity index (χ0n) is 18.2. The summed E-state index contributed by atoms with van der Waals surface area (Å²) in [6, 6.07) is 10.8. The molecule has 0 aliphatic carbocycles. The molecule has 2 aromatic carbocycles. The second kappa shape index (κ2) is 11.3. The molecule has 0 fully saturated rings. The maximum atomic E-state index is 13.0. The van der Waals surface area contributed by atoms with Gasteiger partial charge in [-0.05, 0) is 48.4 Å². The molecule has 11 heteroatoms. The number of anilines is 2. The molecule has 0 saturated carbocycles. The van der Waals surface area contributed by atoms with Crippen molar-refractivity contribution in [2.45, 2.75) is 26.3 Å². The molecule has 1 heterocycles. The maximum Gasteiger partial charge on any atom is 0.319 e. The molecular formula is C22H23Cl2N5O3S. The molecule has 174 valence electrons. The van der Waals surface area contributed by atoms with Gasteiger partial charge in [0, 0.05) is 11.3 Å². The molecule has 33 heavy (non-hydrogen) atoms. The van der Waals surface area contributed by atoms with Gasteiger partial charge in [-0.2, -0.15) is 0 Å². The molecule has 3 amide bonds. The summed E-state index contributed by atoms with van der Waals surface area (Å²) in [5.74, 6) is 0.225. The Morgan fingerprint density at radius 1 is 1.06 bits per heavy atom. The highest BCUT2D eigenvalue weighted by Crippen LogP contribution is 2.28. The number of hydrogen-bond donors (Lipinski definition) is 3. The van der Waals surface area contributed by atoms with Crippen LogP contribution in [0.1, 0.15) is 20.3 Å². The number of ether oxygens (including phenoxy) is 1. The first-order chi connectivity index (χ1) is 15.8. The van der Waals surface area contributed by atoms with Crippen molar-refractivity contribution in [3.8, 4) is 16.3 Å². The lowest BCUT2D eigenvalue weighted by molar-refractivity contribution is -0.119. The highest BCUT2D eigenvalue weighted by molar-refractivity contribution is 7.18. The lowest BCUT2D eigenvalue weighted by Gasteiger charge is -2.23. The second-order valence-corrected chi connectivity index (χ2v) is 9.01. The van der Waals surface area contributed by atoms with Crippen LogP contribution in [0, 0.1) is 5.92 Å². The fraction of sp³-hybridized carbons (Fsp3) is 0.273. The van der Waals surface area contributed by atoms with Gasteiger partial charge in [0.2, 0.25) is 11.0 Å². The van der Waals surface area contributed by atoms with Gasteiger partial charge in [0.1, 0.15) is 16.8 Å². The van der Waals surface area contributed by atoms with Crippen LogP contribution in [0.2, 0.25) is 10.0 Å². The number of nitrogens with zero attached hydrogens (tertiary/aromatic N) is 2. The Kier molecular flexibility index (Phi) is 8.49. The molecule has 3 N–H and O–H groups in total. The highest BCUT2D eigenvalue weighted by Gasteiger charge is 2.27. The van der Waals surface area contributed by atoms with E-state index in [1.807, 2.05) is 38.1 Å². The average molecular weight is 508 g/mol. The fourth-order valence-electron chi connectivity index (χ4n) is 2.89. The van der Waals surface area contributed by atoms with Gasteiger partial charge < -0.3 is 15.4 Å². The molecular weight excluding hydrogens is 485 g/mol. The van der Waals surface area contributed by atoms with Gasteiger partial charge >= 0.3 is 6.03 Å². The molecule has 0 radical (unpaired) electrons. The molecule has 0 aliphatic rings. The minimum Gasteiger partial charge on any atom is -0.497 e. The maximum absolute atomic E-state index is 13.0. The Balaban J connectivity index is 1.67. The Labute approximate surface area is 205 Å². The van der Waals surface area contributed by atoms with E-state index in [2.05, 4.69) is 26.1 Å². The zero-order chi connectivity index (χ0) is 24.0. The number of aromatic nitrogens is 2. The minimum absolute atomic E-state index is 0.126. The van der Waals surface area contributed by atoms with Crippen molar-refractivity contribution in [2.75, 3.05) is 17.7 Å². The van der Waals surface area contributed by atoms with Gasteiger partial charge in [0.25, 0.3) is 0 Å². The van der Waals surface area contributed by atoms with Crippen molar-refractivity contribution < 1.29 is 14.3 Å². The van der Waals surface area contributed by atoms with Crippen LogP contribution in [0.3, 0.4) is 0 Å². The molecule has 3 rings (SSSR count). The standard InChI is InChI=1S/C22H23Cl2N5O3S/c1-4-12(2)18(26-21(31)25-14-7-10-16(23)17(24)11-14)19(30)27-22-29-28-20(33-22)13-5-8-15(32-3)9-6-13/h5-12,18H,4H2,1-3H3,(H2,25,26,31)(H,27,29,30)/t12-,18+/m0/s1. The van der Waals surface area contributed by atoms with Crippen LogP contribution in [0.5, 0.6) is 5.75 Å². The van der Waals surface area contributed by atoms with Crippen molar-refractivity contribution in [1.82, 2.24) is 15.5 Å². The topological polar surface area (TPSA) is 105 Å². The van der Waals surface area contributed by atoms with Crippen molar-refractivity contribution >= 4 is 57.3 Å². The van der Waals surface area contributed by atoms with Crippen LogP contribution in [0.15, 0.2) is 42.5 Å². The first kappa shape index (κ1) is 24.8. The summed E-state index contributed by atoms with van der Waals surface area (Å²) >= 11 is 13.1. The largest absolute Gasteiger partial charge is 0.497 e. The smallest absolute Gasteiger partial charge is 0.319 e. The number of urea groups is 1. The van der Waals surface area contributed by atoms with Crippen molar-refractivity contribution in [3.63, 3.8) is 0 Å². The van der Waals surface area contributed by atoms with Crippen LogP contribution in [-0.2, 0) is 4.79 Å². The average Bonchev–Trinajstić information content (AvgIpc) is 3.27. The van der Waals surface area contributed by atoms with E-state index in [1.165, 1.54) is 17.4 Å². The molecule has 1 aromatic heterocycles. The Hall–Kier alpha value is -2.88. The summed E-state index contributed by atoms with van der Waals surface area (Å²) in [6.07, 6.45) is 0.679. The molecule has 0 saturated heterocycles. The van der Waals surface area contributed by atoms with Crippen LogP contribution in [0.25, 0.3) is 10.6 Å². The Bertz CT molecular complexity index is 1120. The number of methoxy groups -OCH3 is 1. The van der Waals surface area contributed by atoms with Crippen molar-refractivity contribution in [1.29, 1.82) is 0 Å². The SMILES string of the molecule is CC[C@H](C)[C@@H](NC(=O)Nc1ccc(Cl)c(Cl)c1)C(=O)Nc1nnc(-c2ccc(OC)cc2)s1. The van der Waals surface area contributed by atoms with Crippen LogP contribution < -0.4 is 20.7 Å². The molecule has 0 bridgehead atoms. The quantitative estimate of drug-likeness (QED) is 0.362. The molecule has 0 spiro atoms. The normalized spacial score (nSPS) is 12.5. The third-order valence-corrected chi connectivity index (χ3v) is 6.58. The Morgan fingerprint density at radius 3 is 2.42 bits per heavy atom. The van der Waals surface area contributed by atoms with Gasteiger partial charge in [-0.15, -0.1) is 10.2 Å². The summed E-state index contributed by atoms with van der Waals surface area (Å²) in [6.45, 7) is 3.82. The van der Waals surface area contributed by atoms with Crippen molar-refractivity contribution in [3.05, 3.63) is 52.5 Å². The van der Waals surface area contributed by atoms with E-state index in [0.717, 1.165) is 11.3 Å². The third-order valence-electron chi connectivity index (χ3n) is 4.95. The third kappa shape index (κ3) is 6.56. The number of hydrogen-bond acceptors (Lipinski definition) is 6. The van der Waals surface area contributed by atoms with Crippen molar-refractivity contribution in [2.24, 2.45) is 5.92 Å². The minimum atomic E-state index is -0.786. The van der Waals surface area contributed by atoms with Crippen LogP contribution >= 0.6 is 34.5 Å². The van der Waals surface area contributed by atoms with Gasteiger partial charge in [-0.25, -0.2) is 4.79 Å². The summed E-state index contributed by atoms with van der Waals surface area (Å²) < 4.78 is 5.16. The number of carbonyl (C=O) groups excluding carboxylic acids is 2. The van der Waals surface area contributed by atoms with E-state index in [9.17, 15) is 9.59 Å². The second-order valence-electron chi connectivity index (χ2n) is 7.22. The van der Waals surface area contributed by atoms with Gasteiger partial charge in [0.05, 0.1) is 17.2 Å². The fourth-order valence-corrected chi connectivity index (χ4v) is 3.94. The number of carbonyl (C=O) groups is 2. The first-order valence-corrected chi connectivity index (χ1v) is 11.7. The van der Waals surface area contributed by atoms with Gasteiger partial charge in [-0.3, -0.25) is 10.1 Å². The number of amides is 3. The summed E-state index contributed by atoms with van der Waals surface area (Å²) in [7, 11) is 1.60. The number of halogens is 2. The zero-order valence-corrected chi connectivity index (χ0v) is 20.5. The summed E-state index contributed by atoms with van der Waals surface area (Å²) in [5.41, 5.74) is 1.31. The molecule has 3 aromatic rings. The van der Waals surface area contributed by atoms with Crippen LogP contribution in [0.4, 0.5) is 15.6 Å². The molecule has 0 unspecified atom stereocenters. The van der Waals surface area contributed by atoms with Gasteiger partial charge in [0.15, 0.2) is 0 Å². The van der Waals surface area contributed by atoms with E-state index in [0.29, 0.717) is 32.3 Å². The predicted molar refractivity (Wildman–Crippen MR) is 132 cm³/mol. The monoisotopic (exact) mass is 507 g/mol. The first-order valence-electron chi connectivity index (χ1n) is 10.1. The van der Waals surface area contributed by atoms with E-state index in [4.69, 9.17) is 27.9 Å². The Morgan fingerprint density at radius 2 is 1.79 bits per heavy atom. The molecule has 0 aliphatic heterocycles. The predicted octanol–water partition coefficient (Wildman–Crippen LogP) is 5.70. The summed E-state index contributed by atoms with van der Waals surface area (Å²) in [4.78, 5) is 25.5.